The van der Waals surface area contributed by atoms with E-state index in [1.54, 1.807) is 7.11 Å². The molecule has 2 saturated heterocycles. The van der Waals surface area contributed by atoms with Crippen molar-refractivity contribution in [2.24, 2.45) is 0 Å². The van der Waals surface area contributed by atoms with E-state index in [1.807, 2.05) is 26.8 Å². The highest BCUT2D eigenvalue weighted by Gasteiger charge is 2.27. The van der Waals surface area contributed by atoms with Crippen LogP contribution in [-0.4, -0.2) is 61.1 Å². The fourth-order valence-corrected chi connectivity index (χ4v) is 3.61. The molecule has 1 amide bonds. The van der Waals surface area contributed by atoms with Crippen LogP contribution in [0.2, 0.25) is 0 Å². The van der Waals surface area contributed by atoms with Crippen LogP contribution in [-0.2, 0) is 20.8 Å². The molecular formula is C20H31N3O4. The van der Waals surface area contributed by atoms with Crippen LogP contribution in [0.25, 0.3) is 0 Å². The monoisotopic (exact) mass is 377 g/mol. The maximum absolute atomic E-state index is 12.1. The number of amides is 1. The van der Waals surface area contributed by atoms with Crippen molar-refractivity contribution in [3.8, 4) is 0 Å². The zero-order valence-electron chi connectivity index (χ0n) is 16.8. The highest BCUT2D eigenvalue weighted by Crippen LogP contribution is 2.29. The van der Waals surface area contributed by atoms with Gasteiger partial charge in [-0.1, -0.05) is 6.07 Å². The Bertz CT molecular complexity index is 653. The van der Waals surface area contributed by atoms with Gasteiger partial charge in [-0.2, -0.15) is 0 Å². The van der Waals surface area contributed by atoms with Gasteiger partial charge in [0.05, 0.1) is 18.4 Å². The Morgan fingerprint density at radius 3 is 2.81 bits per heavy atom. The van der Waals surface area contributed by atoms with E-state index >= 15 is 0 Å². The number of ether oxygens (including phenoxy) is 3. The number of hydrogen-bond acceptors (Lipinski definition) is 6. The molecule has 1 unspecified atom stereocenters. The molecule has 3 heterocycles. The maximum atomic E-state index is 12.1. The van der Waals surface area contributed by atoms with E-state index < -0.39 is 11.7 Å². The van der Waals surface area contributed by atoms with E-state index in [2.05, 4.69) is 16.3 Å². The van der Waals surface area contributed by atoms with Gasteiger partial charge in [0, 0.05) is 39.3 Å². The molecule has 0 aromatic carbocycles. The second kappa shape index (κ2) is 8.54. The summed E-state index contributed by atoms with van der Waals surface area (Å²) in [5, 5.41) is 2.75. The number of nitrogens with one attached hydrogen (secondary N) is 1. The number of anilines is 1. The third kappa shape index (κ3) is 5.64. The normalized spacial score (nSPS) is 23.6. The van der Waals surface area contributed by atoms with Crippen molar-refractivity contribution in [1.82, 2.24) is 9.88 Å². The van der Waals surface area contributed by atoms with E-state index in [0.29, 0.717) is 11.7 Å². The van der Waals surface area contributed by atoms with Crippen LogP contribution in [0.15, 0.2) is 12.1 Å². The van der Waals surface area contributed by atoms with Gasteiger partial charge in [-0.15, -0.1) is 0 Å². The summed E-state index contributed by atoms with van der Waals surface area (Å²) in [4.78, 5) is 19.2. The Morgan fingerprint density at radius 1 is 1.37 bits per heavy atom. The quantitative estimate of drug-likeness (QED) is 0.850. The number of pyridine rings is 1. The van der Waals surface area contributed by atoms with E-state index in [4.69, 9.17) is 19.2 Å². The number of nitrogens with zero attached hydrogens (tertiary/aromatic N) is 2. The molecule has 0 saturated carbocycles. The average molecular weight is 377 g/mol. The Balaban J connectivity index is 1.75. The smallest absolute Gasteiger partial charge is 0.413 e. The topological polar surface area (TPSA) is 72.9 Å². The number of methoxy groups -OCH3 is 1. The van der Waals surface area contributed by atoms with Crippen molar-refractivity contribution < 1.29 is 19.0 Å². The minimum absolute atomic E-state index is 0.284. The van der Waals surface area contributed by atoms with E-state index in [0.717, 1.165) is 51.4 Å². The van der Waals surface area contributed by atoms with Crippen LogP contribution in [0.3, 0.4) is 0 Å². The Morgan fingerprint density at radius 2 is 2.19 bits per heavy atom. The molecule has 2 fully saturated rings. The number of aromatic nitrogens is 1. The highest BCUT2D eigenvalue weighted by atomic mass is 16.6. The summed E-state index contributed by atoms with van der Waals surface area (Å²) in [7, 11) is 1.76. The zero-order valence-corrected chi connectivity index (χ0v) is 16.8. The molecule has 2 aliphatic rings. The summed E-state index contributed by atoms with van der Waals surface area (Å²) in [5.74, 6) is 0.883. The molecule has 0 radical (unpaired) electrons. The molecule has 7 heteroatoms. The number of rotatable bonds is 5. The molecule has 1 N–H and O–H groups in total. The SMILES string of the molecule is CO[C@@H]1CCN(Cc2nc(NC(=O)OC(C)(C)C)ccc2C2CCOC2)C1. The van der Waals surface area contributed by atoms with Gasteiger partial charge in [0.1, 0.15) is 11.4 Å². The van der Waals surface area contributed by atoms with Crippen LogP contribution in [0.4, 0.5) is 10.6 Å². The summed E-state index contributed by atoms with van der Waals surface area (Å²) < 4.78 is 16.4. The molecule has 0 spiro atoms. The van der Waals surface area contributed by atoms with Crippen LogP contribution >= 0.6 is 0 Å². The lowest BCUT2D eigenvalue weighted by atomic mass is 9.96. The summed E-state index contributed by atoms with van der Waals surface area (Å²) >= 11 is 0. The van der Waals surface area contributed by atoms with Crippen molar-refractivity contribution >= 4 is 11.9 Å². The maximum Gasteiger partial charge on any atom is 0.413 e. The molecule has 1 aromatic rings. The van der Waals surface area contributed by atoms with E-state index in [1.165, 1.54) is 5.56 Å². The van der Waals surface area contributed by atoms with Gasteiger partial charge < -0.3 is 14.2 Å². The third-order valence-electron chi connectivity index (χ3n) is 4.94. The van der Waals surface area contributed by atoms with Crippen molar-refractivity contribution in [3.63, 3.8) is 0 Å². The molecular weight excluding hydrogens is 346 g/mol. The second-order valence-electron chi connectivity index (χ2n) is 8.30. The first kappa shape index (κ1) is 20.0. The first-order valence-corrected chi connectivity index (χ1v) is 9.67. The van der Waals surface area contributed by atoms with Crippen LogP contribution in [0, 0.1) is 0 Å². The summed E-state index contributed by atoms with van der Waals surface area (Å²) in [6, 6.07) is 3.92. The van der Waals surface area contributed by atoms with Crippen molar-refractivity contribution in [2.45, 2.75) is 57.8 Å². The number of carbonyl (C=O) groups excluding carboxylic acids is 1. The lowest BCUT2D eigenvalue weighted by Crippen LogP contribution is -2.28. The van der Waals surface area contributed by atoms with Gasteiger partial charge in [0.25, 0.3) is 0 Å². The molecule has 7 nitrogen and oxygen atoms in total. The largest absolute Gasteiger partial charge is 0.444 e. The average Bonchev–Trinajstić information content (AvgIpc) is 3.25. The molecule has 150 valence electrons. The van der Waals surface area contributed by atoms with Gasteiger partial charge in [-0.3, -0.25) is 10.2 Å². The molecule has 1 aromatic heterocycles. The summed E-state index contributed by atoms with van der Waals surface area (Å²) in [6.07, 6.45) is 1.84. The second-order valence-corrected chi connectivity index (χ2v) is 8.30. The highest BCUT2D eigenvalue weighted by molar-refractivity contribution is 5.83. The summed E-state index contributed by atoms with van der Waals surface area (Å²) in [6.45, 7) is 9.69. The fourth-order valence-electron chi connectivity index (χ4n) is 3.61. The van der Waals surface area contributed by atoms with Gasteiger partial charge in [-0.25, -0.2) is 9.78 Å². The number of likely N-dealkylation sites (tertiary alicyclic amines) is 1. The van der Waals surface area contributed by atoms with E-state index in [9.17, 15) is 4.79 Å². The standard InChI is InChI=1S/C20H31N3O4/c1-20(2,3)27-19(24)22-18-6-5-16(14-8-10-26-13-14)17(21-18)12-23-9-7-15(11-23)25-4/h5-6,14-15H,7-13H2,1-4H3,(H,21,22,24)/t14?,15-/m1/s1. The Labute approximate surface area is 161 Å². The summed E-state index contributed by atoms with van der Waals surface area (Å²) in [5.41, 5.74) is 1.66. The Hall–Kier alpha value is -1.70. The zero-order chi connectivity index (χ0) is 19.4. The molecule has 27 heavy (non-hydrogen) atoms. The first-order chi connectivity index (χ1) is 12.8. The van der Waals surface area contributed by atoms with Crippen molar-refractivity contribution in [1.29, 1.82) is 0 Å². The molecule has 2 atom stereocenters. The minimum Gasteiger partial charge on any atom is -0.444 e. The molecule has 0 bridgehead atoms. The molecule has 3 rings (SSSR count). The number of hydrogen-bond donors (Lipinski definition) is 1. The first-order valence-electron chi connectivity index (χ1n) is 9.67. The van der Waals surface area contributed by atoms with Gasteiger partial charge >= 0.3 is 6.09 Å². The minimum atomic E-state index is -0.543. The lowest BCUT2D eigenvalue weighted by molar-refractivity contribution is 0.0635. The molecule has 0 aliphatic carbocycles. The fraction of sp³-hybridized carbons (Fsp3) is 0.700. The van der Waals surface area contributed by atoms with Crippen molar-refractivity contribution in [3.05, 3.63) is 23.4 Å². The van der Waals surface area contributed by atoms with E-state index in [-0.39, 0.29) is 6.10 Å². The number of carbonyl (C=O) groups is 1. The van der Waals surface area contributed by atoms with Gasteiger partial charge in [0.2, 0.25) is 0 Å². The van der Waals surface area contributed by atoms with Crippen LogP contribution < -0.4 is 5.32 Å². The third-order valence-corrected chi connectivity index (χ3v) is 4.94. The van der Waals surface area contributed by atoms with Gasteiger partial charge in [-0.05, 0) is 45.2 Å². The Kier molecular flexibility index (Phi) is 6.34. The molecule has 2 aliphatic heterocycles. The predicted octanol–water partition coefficient (Wildman–Crippen LogP) is 3.15. The predicted molar refractivity (Wildman–Crippen MR) is 103 cm³/mol. The van der Waals surface area contributed by atoms with Crippen LogP contribution in [0.5, 0.6) is 0 Å². The van der Waals surface area contributed by atoms with Crippen molar-refractivity contribution in [2.75, 3.05) is 38.7 Å². The van der Waals surface area contributed by atoms with Gasteiger partial charge in [0.15, 0.2) is 0 Å². The van der Waals surface area contributed by atoms with Crippen LogP contribution in [0.1, 0.15) is 50.8 Å². The lowest BCUT2D eigenvalue weighted by Gasteiger charge is -2.22.